The van der Waals surface area contributed by atoms with Gasteiger partial charge in [0, 0.05) is 0 Å². The van der Waals surface area contributed by atoms with Crippen LogP contribution in [0.5, 0.6) is 11.5 Å². The highest BCUT2D eigenvalue weighted by Gasteiger charge is 2.29. The van der Waals surface area contributed by atoms with E-state index in [2.05, 4.69) is 5.32 Å². The maximum atomic E-state index is 13.5. The predicted octanol–water partition coefficient (Wildman–Crippen LogP) is 4.09. The van der Waals surface area contributed by atoms with E-state index in [4.69, 9.17) is 9.47 Å². The Kier molecular flexibility index (Phi) is 8.54. The molecule has 180 valence electrons. The average Bonchev–Trinajstić information content (AvgIpc) is 2.82. The van der Waals surface area contributed by atoms with Gasteiger partial charge in [-0.05, 0) is 56.7 Å². The van der Waals surface area contributed by atoms with Crippen molar-refractivity contribution in [1.82, 2.24) is 5.32 Å². The number of hydrogen-bond donors (Lipinski definition) is 1. The van der Waals surface area contributed by atoms with Gasteiger partial charge in [-0.3, -0.25) is 9.10 Å². The number of amides is 1. The van der Waals surface area contributed by atoms with E-state index >= 15 is 0 Å². The van der Waals surface area contributed by atoms with Crippen LogP contribution in [-0.2, 0) is 14.8 Å². The molecule has 0 unspecified atom stereocenters. The number of anilines is 1. The smallest absolute Gasteiger partial charge is 0.264 e. The lowest BCUT2D eigenvalue weighted by Crippen LogP contribution is -2.42. The van der Waals surface area contributed by atoms with E-state index in [9.17, 15) is 13.2 Å². The van der Waals surface area contributed by atoms with Gasteiger partial charge < -0.3 is 14.8 Å². The first-order valence-electron chi connectivity index (χ1n) is 11.1. The topological polar surface area (TPSA) is 84.9 Å². The van der Waals surface area contributed by atoms with Crippen LogP contribution in [0.4, 0.5) is 5.69 Å². The lowest BCUT2D eigenvalue weighted by Gasteiger charge is -2.26. The van der Waals surface area contributed by atoms with Gasteiger partial charge in [0.25, 0.3) is 10.0 Å². The van der Waals surface area contributed by atoms with Crippen molar-refractivity contribution in [3.05, 3.63) is 83.9 Å². The van der Waals surface area contributed by atoms with E-state index in [1.165, 1.54) is 12.1 Å². The van der Waals surface area contributed by atoms with Crippen LogP contribution in [-0.4, -0.2) is 40.6 Å². The van der Waals surface area contributed by atoms with Crippen molar-refractivity contribution < 1.29 is 22.7 Å². The minimum atomic E-state index is -4.01. The van der Waals surface area contributed by atoms with Crippen molar-refractivity contribution in [2.45, 2.75) is 25.7 Å². The third-order valence-electron chi connectivity index (χ3n) is 5.06. The number of benzene rings is 3. The van der Waals surface area contributed by atoms with Crippen LogP contribution in [0.15, 0.2) is 77.7 Å². The van der Waals surface area contributed by atoms with Gasteiger partial charge >= 0.3 is 0 Å². The molecular formula is C26H30N2O5S. The standard InChI is InChI=1S/C26H30N2O5S/c1-4-32-25-13-9-8-12-23(25)28(34(30,31)22-10-6-5-7-11-22)19-26(29)27-16-17-33-24-15-14-20(2)18-21(24)3/h5-15,18H,4,16-17,19H2,1-3H3,(H,27,29). The first-order chi connectivity index (χ1) is 16.3. The summed E-state index contributed by atoms with van der Waals surface area (Å²) in [6, 6.07) is 20.7. The number of para-hydroxylation sites is 2. The third kappa shape index (κ3) is 6.29. The van der Waals surface area contributed by atoms with Crippen LogP contribution in [0.3, 0.4) is 0 Å². The molecule has 0 heterocycles. The molecule has 1 N–H and O–H groups in total. The average molecular weight is 483 g/mol. The molecule has 3 rings (SSSR count). The van der Waals surface area contributed by atoms with Gasteiger partial charge in [0.2, 0.25) is 5.91 Å². The van der Waals surface area contributed by atoms with Gasteiger partial charge in [0.05, 0.1) is 23.7 Å². The molecule has 0 aliphatic heterocycles. The van der Waals surface area contributed by atoms with E-state index in [1.807, 2.05) is 39.0 Å². The zero-order valence-electron chi connectivity index (χ0n) is 19.7. The molecule has 7 nitrogen and oxygen atoms in total. The minimum Gasteiger partial charge on any atom is -0.492 e. The molecule has 34 heavy (non-hydrogen) atoms. The normalized spacial score (nSPS) is 11.0. The van der Waals surface area contributed by atoms with Crippen molar-refractivity contribution in [2.75, 3.05) is 30.6 Å². The van der Waals surface area contributed by atoms with Crippen LogP contribution in [0.25, 0.3) is 0 Å². The second kappa shape index (κ2) is 11.6. The van der Waals surface area contributed by atoms with Crippen LogP contribution in [0.2, 0.25) is 0 Å². The molecule has 0 aliphatic carbocycles. The summed E-state index contributed by atoms with van der Waals surface area (Å²) >= 11 is 0. The highest BCUT2D eigenvalue weighted by Crippen LogP contribution is 2.32. The third-order valence-corrected chi connectivity index (χ3v) is 6.84. The highest BCUT2D eigenvalue weighted by atomic mass is 32.2. The number of hydrogen-bond acceptors (Lipinski definition) is 5. The Morgan fingerprint density at radius 2 is 1.62 bits per heavy atom. The number of rotatable bonds is 11. The number of ether oxygens (including phenoxy) is 2. The largest absolute Gasteiger partial charge is 0.492 e. The molecule has 0 saturated heterocycles. The molecule has 0 spiro atoms. The molecule has 3 aromatic rings. The molecule has 0 aromatic heterocycles. The minimum absolute atomic E-state index is 0.0901. The summed E-state index contributed by atoms with van der Waals surface area (Å²) in [5.74, 6) is 0.685. The Labute approximate surface area is 201 Å². The Hall–Kier alpha value is -3.52. The highest BCUT2D eigenvalue weighted by molar-refractivity contribution is 7.92. The number of carbonyl (C=O) groups excluding carboxylic acids is 1. The monoisotopic (exact) mass is 482 g/mol. The summed E-state index contributed by atoms with van der Waals surface area (Å²) in [5, 5.41) is 2.75. The van der Waals surface area contributed by atoms with Crippen molar-refractivity contribution in [3.63, 3.8) is 0 Å². The van der Waals surface area contributed by atoms with Crippen LogP contribution in [0, 0.1) is 13.8 Å². The van der Waals surface area contributed by atoms with Crippen LogP contribution >= 0.6 is 0 Å². The van der Waals surface area contributed by atoms with Gasteiger partial charge in [-0.2, -0.15) is 0 Å². The molecule has 3 aromatic carbocycles. The van der Waals surface area contributed by atoms with E-state index in [0.717, 1.165) is 21.2 Å². The number of carbonyl (C=O) groups is 1. The molecule has 0 fully saturated rings. The maximum absolute atomic E-state index is 13.5. The quantitative estimate of drug-likeness (QED) is 0.416. The van der Waals surface area contributed by atoms with E-state index in [-0.39, 0.29) is 18.0 Å². The fourth-order valence-corrected chi connectivity index (χ4v) is 4.91. The summed E-state index contributed by atoms with van der Waals surface area (Å²) in [6.07, 6.45) is 0. The number of nitrogens with one attached hydrogen (secondary N) is 1. The van der Waals surface area contributed by atoms with Gasteiger partial charge in [-0.1, -0.05) is 48.0 Å². The fourth-order valence-electron chi connectivity index (χ4n) is 3.46. The summed E-state index contributed by atoms with van der Waals surface area (Å²) in [4.78, 5) is 12.9. The summed E-state index contributed by atoms with van der Waals surface area (Å²) in [7, 11) is -4.01. The fraction of sp³-hybridized carbons (Fsp3) is 0.269. The van der Waals surface area contributed by atoms with Gasteiger partial charge in [0.15, 0.2) is 0 Å². The van der Waals surface area contributed by atoms with Crippen molar-refractivity contribution >= 4 is 21.6 Å². The number of aryl methyl sites for hydroxylation is 2. The summed E-state index contributed by atoms with van der Waals surface area (Å²) < 4.78 is 39.4. The molecule has 0 aliphatic rings. The van der Waals surface area contributed by atoms with E-state index in [0.29, 0.717) is 18.0 Å². The second-order valence-electron chi connectivity index (χ2n) is 7.69. The summed E-state index contributed by atoms with van der Waals surface area (Å²) in [5.41, 5.74) is 2.46. The maximum Gasteiger partial charge on any atom is 0.264 e. The Morgan fingerprint density at radius 3 is 2.32 bits per heavy atom. The predicted molar refractivity (Wildman–Crippen MR) is 133 cm³/mol. The Morgan fingerprint density at radius 1 is 0.912 bits per heavy atom. The molecule has 8 heteroatoms. The van der Waals surface area contributed by atoms with Gasteiger partial charge in [-0.15, -0.1) is 0 Å². The molecule has 0 saturated carbocycles. The van der Waals surface area contributed by atoms with Crippen LogP contribution < -0.4 is 19.1 Å². The lowest BCUT2D eigenvalue weighted by atomic mass is 10.1. The van der Waals surface area contributed by atoms with Gasteiger partial charge in [0.1, 0.15) is 24.7 Å². The number of sulfonamides is 1. The summed E-state index contributed by atoms with van der Waals surface area (Å²) in [6.45, 7) is 6.24. The SMILES string of the molecule is CCOc1ccccc1N(CC(=O)NCCOc1ccc(C)cc1C)S(=O)(=O)c1ccccc1. The van der Waals surface area contributed by atoms with Crippen molar-refractivity contribution in [1.29, 1.82) is 0 Å². The van der Waals surface area contributed by atoms with E-state index < -0.39 is 22.5 Å². The van der Waals surface area contributed by atoms with E-state index in [1.54, 1.807) is 42.5 Å². The first-order valence-corrected chi connectivity index (χ1v) is 12.5. The molecular weight excluding hydrogens is 452 g/mol. The molecule has 1 amide bonds. The first kappa shape index (κ1) is 25.1. The zero-order valence-corrected chi connectivity index (χ0v) is 20.5. The molecule has 0 radical (unpaired) electrons. The lowest BCUT2D eigenvalue weighted by molar-refractivity contribution is -0.119. The van der Waals surface area contributed by atoms with Gasteiger partial charge in [-0.25, -0.2) is 8.42 Å². The van der Waals surface area contributed by atoms with Crippen molar-refractivity contribution in [2.24, 2.45) is 0 Å². The Balaban J connectivity index is 1.74. The molecule has 0 atom stereocenters. The second-order valence-corrected chi connectivity index (χ2v) is 9.56. The number of nitrogens with zero attached hydrogens (tertiary/aromatic N) is 1. The molecule has 0 bridgehead atoms. The zero-order chi connectivity index (χ0) is 24.6. The van der Waals surface area contributed by atoms with Crippen LogP contribution in [0.1, 0.15) is 18.1 Å². The van der Waals surface area contributed by atoms with Crippen molar-refractivity contribution in [3.8, 4) is 11.5 Å². The Bertz CT molecular complexity index is 1210.